The summed E-state index contributed by atoms with van der Waals surface area (Å²) in [5.74, 6) is 0.353. The van der Waals surface area contributed by atoms with E-state index in [0.29, 0.717) is 18.7 Å². The molecule has 1 unspecified atom stereocenters. The third-order valence-electron chi connectivity index (χ3n) is 5.82. The van der Waals surface area contributed by atoms with Crippen LogP contribution in [0, 0.1) is 5.92 Å². The minimum atomic E-state index is -0.552. The average molecular weight is 426 g/mol. The molecule has 1 aliphatic carbocycles. The molecule has 166 valence electrons. The van der Waals surface area contributed by atoms with Crippen molar-refractivity contribution in [1.82, 2.24) is 16.0 Å². The van der Waals surface area contributed by atoms with Gasteiger partial charge in [-0.2, -0.15) is 0 Å². The molecule has 1 aliphatic rings. The van der Waals surface area contributed by atoms with Crippen LogP contribution in [-0.4, -0.2) is 30.8 Å². The van der Waals surface area contributed by atoms with Gasteiger partial charge in [-0.1, -0.05) is 50.5 Å². The largest absolute Gasteiger partial charge is 0.451 e. The standard InChI is InChI=1S/C24H31N3O4/c1-3-21(28)26-15-16-9-11-17(12-10-16)19-13-14-20(31-19)23(29)27-22(24(30)25-2)18-7-5-4-6-8-18/h9-14,18,22H,3-8,15H2,1-2H3,(H,25,30)(H,26,28)(H,27,29). The highest BCUT2D eigenvalue weighted by Crippen LogP contribution is 2.27. The number of rotatable bonds is 8. The lowest BCUT2D eigenvalue weighted by molar-refractivity contribution is -0.124. The van der Waals surface area contributed by atoms with E-state index in [1.54, 1.807) is 19.2 Å². The molecule has 0 spiro atoms. The molecule has 0 radical (unpaired) electrons. The first-order valence-corrected chi connectivity index (χ1v) is 11.0. The number of hydrogen-bond donors (Lipinski definition) is 3. The first kappa shape index (κ1) is 22.6. The zero-order valence-electron chi connectivity index (χ0n) is 18.2. The van der Waals surface area contributed by atoms with Crippen LogP contribution in [0.2, 0.25) is 0 Å². The van der Waals surface area contributed by atoms with Crippen molar-refractivity contribution in [3.8, 4) is 11.3 Å². The number of hydrogen-bond acceptors (Lipinski definition) is 4. The molecule has 0 saturated heterocycles. The van der Waals surface area contributed by atoms with Crippen LogP contribution in [0.15, 0.2) is 40.8 Å². The summed E-state index contributed by atoms with van der Waals surface area (Å²) in [7, 11) is 1.59. The number of benzene rings is 1. The summed E-state index contributed by atoms with van der Waals surface area (Å²) in [6.07, 6.45) is 5.67. The summed E-state index contributed by atoms with van der Waals surface area (Å²) >= 11 is 0. The number of carbonyl (C=O) groups excluding carboxylic acids is 3. The maximum atomic E-state index is 12.8. The van der Waals surface area contributed by atoms with E-state index in [1.165, 1.54) is 6.42 Å². The second kappa shape index (κ2) is 10.8. The van der Waals surface area contributed by atoms with E-state index >= 15 is 0 Å². The monoisotopic (exact) mass is 425 g/mol. The van der Waals surface area contributed by atoms with E-state index in [4.69, 9.17) is 4.42 Å². The maximum absolute atomic E-state index is 12.8. The van der Waals surface area contributed by atoms with Gasteiger partial charge in [-0.3, -0.25) is 14.4 Å². The molecule has 0 bridgehead atoms. The third kappa shape index (κ3) is 5.96. The average Bonchev–Trinajstić information content (AvgIpc) is 3.31. The Morgan fingerprint density at radius 1 is 1.03 bits per heavy atom. The number of furan rings is 1. The van der Waals surface area contributed by atoms with Gasteiger partial charge >= 0.3 is 0 Å². The Labute approximate surface area is 183 Å². The summed E-state index contributed by atoms with van der Waals surface area (Å²) in [5, 5.41) is 8.38. The van der Waals surface area contributed by atoms with Gasteiger partial charge in [0.2, 0.25) is 11.8 Å². The fourth-order valence-corrected chi connectivity index (χ4v) is 3.96. The normalized spacial score (nSPS) is 15.2. The van der Waals surface area contributed by atoms with Crippen LogP contribution in [0.1, 0.15) is 61.6 Å². The second-order valence-corrected chi connectivity index (χ2v) is 7.95. The molecule has 1 atom stereocenters. The zero-order valence-corrected chi connectivity index (χ0v) is 18.2. The maximum Gasteiger partial charge on any atom is 0.287 e. The van der Waals surface area contributed by atoms with E-state index < -0.39 is 6.04 Å². The van der Waals surface area contributed by atoms with Crippen LogP contribution in [-0.2, 0) is 16.1 Å². The summed E-state index contributed by atoms with van der Waals surface area (Å²) in [6, 6.07) is 10.4. The van der Waals surface area contributed by atoms with Crippen molar-refractivity contribution >= 4 is 17.7 Å². The summed E-state index contributed by atoms with van der Waals surface area (Å²) in [4.78, 5) is 36.5. The van der Waals surface area contributed by atoms with Crippen molar-refractivity contribution in [3.63, 3.8) is 0 Å². The lowest BCUT2D eigenvalue weighted by atomic mass is 9.83. The summed E-state index contributed by atoms with van der Waals surface area (Å²) in [5.41, 5.74) is 1.82. The van der Waals surface area contributed by atoms with Gasteiger partial charge in [0.05, 0.1) is 0 Å². The first-order valence-electron chi connectivity index (χ1n) is 11.0. The SMILES string of the molecule is CCC(=O)NCc1ccc(-c2ccc(C(=O)NC(C(=O)NC)C3CCCCC3)o2)cc1. The Balaban J connectivity index is 1.65. The van der Waals surface area contributed by atoms with E-state index in [0.717, 1.165) is 36.8 Å². The van der Waals surface area contributed by atoms with Crippen molar-refractivity contribution in [3.05, 3.63) is 47.7 Å². The van der Waals surface area contributed by atoms with E-state index in [-0.39, 0.29) is 29.4 Å². The fourth-order valence-electron chi connectivity index (χ4n) is 3.96. The molecule has 3 rings (SSSR count). The first-order chi connectivity index (χ1) is 15.0. The van der Waals surface area contributed by atoms with Crippen molar-refractivity contribution in [2.24, 2.45) is 5.92 Å². The lowest BCUT2D eigenvalue weighted by Gasteiger charge is -2.29. The molecule has 1 aromatic heterocycles. The molecular formula is C24H31N3O4. The number of carbonyl (C=O) groups is 3. The molecule has 2 aromatic rings. The second-order valence-electron chi connectivity index (χ2n) is 7.95. The molecule has 3 amide bonds. The summed E-state index contributed by atoms with van der Waals surface area (Å²) in [6.45, 7) is 2.29. The van der Waals surface area contributed by atoms with E-state index in [1.807, 2.05) is 31.2 Å². The van der Waals surface area contributed by atoms with Crippen molar-refractivity contribution in [2.45, 2.75) is 58.0 Å². The quantitative estimate of drug-likeness (QED) is 0.603. The van der Waals surface area contributed by atoms with Crippen molar-refractivity contribution in [2.75, 3.05) is 7.05 Å². The Bertz CT molecular complexity index is 898. The van der Waals surface area contributed by atoms with Gasteiger partial charge in [0.15, 0.2) is 5.76 Å². The molecule has 1 saturated carbocycles. The van der Waals surface area contributed by atoms with Gasteiger partial charge in [-0.15, -0.1) is 0 Å². The highest BCUT2D eigenvalue weighted by molar-refractivity contribution is 5.96. The van der Waals surface area contributed by atoms with Gasteiger partial charge in [-0.25, -0.2) is 0 Å². The Morgan fingerprint density at radius 3 is 2.39 bits per heavy atom. The Morgan fingerprint density at radius 2 is 1.74 bits per heavy atom. The van der Waals surface area contributed by atoms with E-state index in [2.05, 4.69) is 16.0 Å². The molecule has 1 heterocycles. The molecule has 3 N–H and O–H groups in total. The van der Waals surface area contributed by atoms with Crippen LogP contribution in [0.5, 0.6) is 0 Å². The van der Waals surface area contributed by atoms with Gasteiger partial charge in [-0.05, 0) is 36.5 Å². The Hall–Kier alpha value is -3.09. The third-order valence-corrected chi connectivity index (χ3v) is 5.82. The van der Waals surface area contributed by atoms with Gasteiger partial charge in [0.25, 0.3) is 5.91 Å². The molecule has 1 aromatic carbocycles. The molecule has 31 heavy (non-hydrogen) atoms. The van der Waals surface area contributed by atoms with Crippen molar-refractivity contribution < 1.29 is 18.8 Å². The molecular weight excluding hydrogens is 394 g/mol. The topological polar surface area (TPSA) is 100 Å². The van der Waals surface area contributed by atoms with E-state index in [9.17, 15) is 14.4 Å². The predicted octanol–water partition coefficient (Wildman–Crippen LogP) is 3.40. The van der Waals surface area contributed by atoms with Crippen LogP contribution in [0.3, 0.4) is 0 Å². The Kier molecular flexibility index (Phi) is 7.87. The molecule has 7 heteroatoms. The number of nitrogens with one attached hydrogen (secondary N) is 3. The molecule has 7 nitrogen and oxygen atoms in total. The minimum absolute atomic E-state index is 0.00838. The zero-order chi connectivity index (χ0) is 22.2. The number of likely N-dealkylation sites (N-methyl/N-ethyl adjacent to an activating group) is 1. The van der Waals surface area contributed by atoms with Crippen molar-refractivity contribution in [1.29, 1.82) is 0 Å². The highest BCUT2D eigenvalue weighted by atomic mass is 16.4. The van der Waals surface area contributed by atoms with Crippen LogP contribution in [0.4, 0.5) is 0 Å². The van der Waals surface area contributed by atoms with Crippen LogP contribution < -0.4 is 16.0 Å². The van der Waals surface area contributed by atoms with Crippen LogP contribution >= 0.6 is 0 Å². The fraction of sp³-hybridized carbons (Fsp3) is 0.458. The summed E-state index contributed by atoms with van der Waals surface area (Å²) < 4.78 is 5.78. The van der Waals surface area contributed by atoms with Crippen LogP contribution in [0.25, 0.3) is 11.3 Å². The smallest absolute Gasteiger partial charge is 0.287 e. The minimum Gasteiger partial charge on any atom is -0.451 e. The van der Waals surface area contributed by atoms with Gasteiger partial charge < -0.3 is 20.4 Å². The molecule has 1 fully saturated rings. The van der Waals surface area contributed by atoms with Gasteiger partial charge in [0.1, 0.15) is 11.8 Å². The molecule has 0 aliphatic heterocycles. The highest BCUT2D eigenvalue weighted by Gasteiger charge is 2.31. The lowest BCUT2D eigenvalue weighted by Crippen LogP contribution is -2.50. The number of amides is 3. The van der Waals surface area contributed by atoms with Gasteiger partial charge in [0, 0.05) is 25.6 Å². The predicted molar refractivity (Wildman–Crippen MR) is 118 cm³/mol.